The number of aliphatic hydroxyl groups is 1. The fraction of sp³-hybridized carbons (Fsp3) is 0.733. The number of fused-ring (bicyclic) bond motifs is 6. The normalized spacial score (nSPS) is 42.8. The second kappa shape index (κ2) is 8.06. The van der Waals surface area contributed by atoms with Gasteiger partial charge in [-0.25, -0.2) is 0 Å². The van der Waals surface area contributed by atoms with Gasteiger partial charge in [0, 0.05) is 5.92 Å². The first-order valence-corrected chi connectivity index (χ1v) is 13.9. The summed E-state index contributed by atoms with van der Waals surface area (Å²) in [5.41, 5.74) is 0.968. The Hall–Kier alpha value is -1.88. The molecule has 0 aliphatic heterocycles. The molecule has 0 amide bonds. The number of carbonyl (C=O) groups is 1. The van der Waals surface area contributed by atoms with Gasteiger partial charge in [0.2, 0.25) is 0 Å². The van der Waals surface area contributed by atoms with Crippen molar-refractivity contribution >= 4 is 16.7 Å². The standard InChI is InChI=1S/C30H42N2O3/c1-28(34)14-15-29(2)19(16-28)8-9-20-22-10-11-24(30(22,3)13-12-23(20)29)26(33)18-32-25-6-5-7-27(35-4)21(25)17-31-32/h5-7,17,19-20,22-24,34H,8-16,18H2,1-4H3/t19-,20+,22+,23+,24-,28-,29+,30+/m1/s1. The van der Waals surface area contributed by atoms with Crippen LogP contribution in [0.5, 0.6) is 5.75 Å². The van der Waals surface area contributed by atoms with Gasteiger partial charge in [-0.1, -0.05) is 19.9 Å². The molecule has 4 aliphatic rings. The van der Waals surface area contributed by atoms with Gasteiger partial charge in [-0.05, 0) is 111 Å². The van der Waals surface area contributed by atoms with E-state index in [9.17, 15) is 9.90 Å². The second-order valence-corrected chi connectivity index (χ2v) is 13.2. The number of hydrogen-bond acceptors (Lipinski definition) is 4. The van der Waals surface area contributed by atoms with Crippen LogP contribution in [0.2, 0.25) is 0 Å². The molecule has 2 aromatic rings. The third-order valence-electron chi connectivity index (χ3n) is 11.5. The van der Waals surface area contributed by atoms with E-state index in [-0.39, 0.29) is 11.3 Å². The highest BCUT2D eigenvalue weighted by molar-refractivity contribution is 5.88. The van der Waals surface area contributed by atoms with E-state index in [1.807, 2.05) is 36.0 Å². The van der Waals surface area contributed by atoms with Crippen molar-refractivity contribution in [3.63, 3.8) is 0 Å². The number of methoxy groups -OCH3 is 1. The first kappa shape index (κ1) is 23.5. The molecule has 0 spiro atoms. The van der Waals surface area contributed by atoms with Gasteiger partial charge in [0.05, 0.1) is 29.8 Å². The monoisotopic (exact) mass is 478 g/mol. The number of ketones is 1. The molecule has 190 valence electrons. The van der Waals surface area contributed by atoms with E-state index in [4.69, 9.17) is 4.74 Å². The van der Waals surface area contributed by atoms with Crippen molar-refractivity contribution in [3.8, 4) is 5.75 Å². The van der Waals surface area contributed by atoms with Crippen LogP contribution in [0.15, 0.2) is 24.4 Å². The van der Waals surface area contributed by atoms with E-state index >= 15 is 0 Å². The zero-order valence-electron chi connectivity index (χ0n) is 21.9. The van der Waals surface area contributed by atoms with Crippen molar-refractivity contribution in [2.75, 3.05) is 7.11 Å². The number of aromatic nitrogens is 2. The fourth-order valence-electron chi connectivity index (χ4n) is 9.60. The van der Waals surface area contributed by atoms with E-state index in [1.165, 1.54) is 32.1 Å². The summed E-state index contributed by atoms with van der Waals surface area (Å²) in [6.07, 6.45) is 12.1. The van der Waals surface area contributed by atoms with Crippen LogP contribution in [0, 0.1) is 40.4 Å². The van der Waals surface area contributed by atoms with Gasteiger partial charge in [-0.2, -0.15) is 5.10 Å². The Bertz CT molecular complexity index is 1140. The van der Waals surface area contributed by atoms with Gasteiger partial charge in [-0.3, -0.25) is 9.48 Å². The lowest BCUT2D eigenvalue weighted by Gasteiger charge is -2.61. The van der Waals surface area contributed by atoms with Crippen LogP contribution in [0.25, 0.3) is 10.9 Å². The first-order valence-electron chi connectivity index (χ1n) is 13.9. The molecule has 0 saturated heterocycles. The summed E-state index contributed by atoms with van der Waals surface area (Å²) < 4.78 is 7.37. The molecule has 5 nitrogen and oxygen atoms in total. The molecule has 8 atom stereocenters. The summed E-state index contributed by atoms with van der Waals surface area (Å²) in [6, 6.07) is 5.95. The Morgan fingerprint density at radius 2 is 1.86 bits per heavy atom. The zero-order chi connectivity index (χ0) is 24.6. The van der Waals surface area contributed by atoms with Crippen LogP contribution >= 0.6 is 0 Å². The number of ether oxygens (including phenoxy) is 1. The van der Waals surface area contributed by atoms with E-state index < -0.39 is 5.60 Å². The minimum atomic E-state index is -0.480. The summed E-state index contributed by atoms with van der Waals surface area (Å²) in [5.74, 6) is 4.11. The highest BCUT2D eigenvalue weighted by atomic mass is 16.5. The largest absolute Gasteiger partial charge is 0.496 e. The molecular weight excluding hydrogens is 436 g/mol. The fourth-order valence-corrected chi connectivity index (χ4v) is 9.60. The molecular formula is C30H42N2O3. The van der Waals surface area contributed by atoms with Crippen LogP contribution in [0.1, 0.15) is 78.6 Å². The summed E-state index contributed by atoms with van der Waals surface area (Å²) in [7, 11) is 1.68. The van der Waals surface area contributed by atoms with Gasteiger partial charge in [0.15, 0.2) is 5.78 Å². The van der Waals surface area contributed by atoms with Gasteiger partial charge < -0.3 is 9.84 Å². The third-order valence-corrected chi connectivity index (χ3v) is 11.5. The van der Waals surface area contributed by atoms with Crippen LogP contribution in [-0.2, 0) is 11.3 Å². The van der Waals surface area contributed by atoms with Gasteiger partial charge in [-0.15, -0.1) is 0 Å². The molecule has 0 radical (unpaired) electrons. The molecule has 5 heteroatoms. The van der Waals surface area contributed by atoms with Gasteiger partial charge >= 0.3 is 0 Å². The Labute approximate surface area is 209 Å². The minimum Gasteiger partial charge on any atom is -0.496 e. The van der Waals surface area contributed by atoms with Crippen molar-refractivity contribution in [2.45, 2.75) is 90.7 Å². The lowest BCUT2D eigenvalue weighted by Crippen LogP contribution is -2.55. The number of benzene rings is 1. The topological polar surface area (TPSA) is 64.4 Å². The van der Waals surface area contributed by atoms with E-state index in [0.717, 1.165) is 54.2 Å². The molecule has 1 aromatic carbocycles. The Kier molecular flexibility index (Phi) is 5.42. The predicted octanol–water partition coefficient (Wildman–Crippen LogP) is 6.02. The first-order chi connectivity index (χ1) is 16.7. The van der Waals surface area contributed by atoms with Gasteiger partial charge in [0.1, 0.15) is 12.3 Å². The summed E-state index contributed by atoms with van der Waals surface area (Å²) in [5, 5.41) is 16.3. The molecule has 0 bridgehead atoms. The number of Topliss-reactive ketones (excluding diaryl/α,β-unsaturated/α-hetero) is 1. The lowest BCUT2D eigenvalue weighted by molar-refractivity contribution is -0.151. The highest BCUT2D eigenvalue weighted by Crippen LogP contribution is 2.68. The van der Waals surface area contributed by atoms with Crippen molar-refractivity contribution in [1.29, 1.82) is 0 Å². The number of nitrogens with zero attached hydrogens (tertiary/aromatic N) is 2. The molecule has 35 heavy (non-hydrogen) atoms. The predicted molar refractivity (Wildman–Crippen MR) is 137 cm³/mol. The Morgan fingerprint density at radius 1 is 1.06 bits per heavy atom. The molecule has 4 saturated carbocycles. The van der Waals surface area contributed by atoms with E-state index in [2.05, 4.69) is 18.9 Å². The van der Waals surface area contributed by atoms with Crippen molar-refractivity contribution in [3.05, 3.63) is 24.4 Å². The maximum Gasteiger partial charge on any atom is 0.157 e. The minimum absolute atomic E-state index is 0.113. The SMILES string of the molecule is COc1cccc2c1cnn2CC(=O)[C@H]1CC[C@H]2[C@@H]3CC[C@@H]4C[C@](C)(O)CC[C@]4(C)[C@H]3CC[C@]12C. The molecule has 6 rings (SSSR count). The Morgan fingerprint density at radius 3 is 2.66 bits per heavy atom. The second-order valence-electron chi connectivity index (χ2n) is 13.2. The van der Waals surface area contributed by atoms with E-state index in [0.29, 0.717) is 29.6 Å². The maximum atomic E-state index is 13.8. The van der Waals surface area contributed by atoms with Gasteiger partial charge in [0.25, 0.3) is 0 Å². The molecule has 1 N–H and O–H groups in total. The van der Waals surface area contributed by atoms with Crippen LogP contribution in [0.3, 0.4) is 0 Å². The van der Waals surface area contributed by atoms with Crippen LogP contribution in [0.4, 0.5) is 0 Å². The van der Waals surface area contributed by atoms with Crippen LogP contribution < -0.4 is 4.74 Å². The van der Waals surface area contributed by atoms with E-state index in [1.54, 1.807) is 7.11 Å². The maximum absolute atomic E-state index is 13.8. The summed E-state index contributed by atoms with van der Waals surface area (Å²) in [4.78, 5) is 13.8. The Balaban J connectivity index is 1.22. The highest BCUT2D eigenvalue weighted by Gasteiger charge is 2.61. The molecule has 4 fully saturated rings. The number of carbonyl (C=O) groups excluding carboxylic acids is 1. The van der Waals surface area contributed by atoms with Crippen molar-refractivity contribution in [1.82, 2.24) is 9.78 Å². The zero-order valence-corrected chi connectivity index (χ0v) is 21.9. The quantitative estimate of drug-likeness (QED) is 0.583. The molecule has 4 aliphatic carbocycles. The average molecular weight is 479 g/mol. The molecule has 1 aromatic heterocycles. The lowest BCUT2D eigenvalue weighted by atomic mass is 9.44. The van der Waals surface area contributed by atoms with Crippen LogP contribution in [-0.4, -0.2) is 33.4 Å². The summed E-state index contributed by atoms with van der Waals surface area (Å²) in [6.45, 7) is 7.38. The summed E-state index contributed by atoms with van der Waals surface area (Å²) >= 11 is 0. The van der Waals surface area contributed by atoms with Crippen molar-refractivity contribution in [2.24, 2.45) is 40.4 Å². The number of hydrogen-bond donors (Lipinski definition) is 1. The van der Waals surface area contributed by atoms with Crippen molar-refractivity contribution < 1.29 is 14.6 Å². The molecule has 0 unspecified atom stereocenters. The molecule has 1 heterocycles. The number of rotatable bonds is 4. The smallest absolute Gasteiger partial charge is 0.157 e. The third kappa shape index (κ3) is 3.51. The average Bonchev–Trinajstić information content (AvgIpc) is 3.40.